The van der Waals surface area contributed by atoms with Gasteiger partial charge in [-0.25, -0.2) is 4.39 Å². The molecule has 0 saturated carbocycles. The number of halogens is 4. The summed E-state index contributed by atoms with van der Waals surface area (Å²) in [5, 5.41) is 10.9. The normalized spacial score (nSPS) is 10.5. The minimum Gasteiger partial charge on any atom is -0.454 e. The quantitative estimate of drug-likeness (QED) is 0.378. The number of nitro groups is 1. The zero-order chi connectivity index (χ0) is 15.6. The van der Waals surface area contributed by atoms with Gasteiger partial charge in [0.1, 0.15) is 11.6 Å². The molecule has 0 bridgehead atoms. The first kappa shape index (κ1) is 16.0. The number of alkyl halides is 1. The fraction of sp³-hybridized carbons (Fsp3) is 0.0769. The van der Waals surface area contributed by atoms with Crippen molar-refractivity contribution in [2.75, 3.05) is 0 Å². The van der Waals surface area contributed by atoms with Crippen LogP contribution in [-0.2, 0) is 5.33 Å². The predicted octanol–water partition coefficient (Wildman–Crippen LogP) is 5.73. The maximum absolute atomic E-state index is 13.7. The average molecular weight is 395 g/mol. The van der Waals surface area contributed by atoms with E-state index in [9.17, 15) is 14.5 Å². The Morgan fingerprint density at radius 3 is 2.43 bits per heavy atom. The van der Waals surface area contributed by atoms with Gasteiger partial charge in [-0.3, -0.25) is 10.1 Å². The highest BCUT2D eigenvalue weighted by Crippen LogP contribution is 2.40. The molecule has 0 aliphatic heterocycles. The van der Waals surface area contributed by atoms with E-state index < -0.39 is 10.7 Å². The molecule has 8 heteroatoms. The SMILES string of the molecule is O=[N+]([O-])c1cc(Cl)c(Oc2cccc(F)c2CBr)c(Cl)c1. The van der Waals surface area contributed by atoms with E-state index in [1.807, 2.05) is 0 Å². The second-order valence-electron chi connectivity index (χ2n) is 3.95. The summed E-state index contributed by atoms with van der Waals surface area (Å²) in [6, 6.07) is 6.56. The second kappa shape index (κ2) is 6.60. The molecule has 110 valence electrons. The molecule has 0 fully saturated rings. The molecule has 0 unspecified atom stereocenters. The van der Waals surface area contributed by atoms with Crippen LogP contribution >= 0.6 is 39.1 Å². The fourth-order valence-corrected chi connectivity index (χ4v) is 2.72. The summed E-state index contributed by atoms with van der Waals surface area (Å²) < 4.78 is 19.2. The third-order valence-corrected chi connectivity index (χ3v) is 3.74. The molecular weight excluding hydrogens is 388 g/mol. The van der Waals surface area contributed by atoms with E-state index in [4.69, 9.17) is 27.9 Å². The molecular formula is C13H7BrCl2FNO3. The summed E-state index contributed by atoms with van der Waals surface area (Å²) >= 11 is 15.1. The lowest BCUT2D eigenvalue weighted by Gasteiger charge is -2.12. The van der Waals surface area contributed by atoms with Gasteiger partial charge in [-0.15, -0.1) is 0 Å². The van der Waals surface area contributed by atoms with Gasteiger partial charge in [-0.05, 0) is 12.1 Å². The number of benzene rings is 2. The maximum atomic E-state index is 13.7. The summed E-state index contributed by atoms with van der Waals surface area (Å²) in [4.78, 5) is 10.1. The maximum Gasteiger partial charge on any atom is 0.272 e. The van der Waals surface area contributed by atoms with Crippen LogP contribution < -0.4 is 4.74 Å². The number of non-ortho nitro benzene ring substituents is 1. The molecule has 0 aromatic heterocycles. The van der Waals surface area contributed by atoms with E-state index in [0.29, 0.717) is 5.56 Å². The largest absolute Gasteiger partial charge is 0.454 e. The third-order valence-electron chi connectivity index (χ3n) is 2.62. The van der Waals surface area contributed by atoms with E-state index in [0.717, 1.165) is 12.1 Å². The monoisotopic (exact) mass is 393 g/mol. The summed E-state index contributed by atoms with van der Waals surface area (Å²) in [5.41, 5.74) is 0.0419. The number of rotatable bonds is 4. The van der Waals surface area contributed by atoms with Gasteiger partial charge < -0.3 is 4.74 Å². The van der Waals surface area contributed by atoms with Crippen LogP contribution in [0, 0.1) is 15.9 Å². The van der Waals surface area contributed by atoms with Crippen molar-refractivity contribution in [1.29, 1.82) is 0 Å². The lowest BCUT2D eigenvalue weighted by atomic mass is 10.2. The van der Waals surface area contributed by atoms with Crippen LogP contribution in [-0.4, -0.2) is 4.92 Å². The van der Waals surface area contributed by atoms with E-state index in [1.54, 1.807) is 6.07 Å². The first-order chi connectivity index (χ1) is 9.93. The van der Waals surface area contributed by atoms with E-state index >= 15 is 0 Å². The second-order valence-corrected chi connectivity index (χ2v) is 5.32. The molecule has 0 N–H and O–H groups in total. The number of hydrogen-bond acceptors (Lipinski definition) is 3. The molecule has 0 spiro atoms. The van der Waals surface area contributed by atoms with Gasteiger partial charge in [-0.2, -0.15) is 0 Å². The molecule has 0 radical (unpaired) electrons. The van der Waals surface area contributed by atoms with Gasteiger partial charge in [0.25, 0.3) is 5.69 Å². The Bertz CT molecular complexity index is 689. The summed E-state index contributed by atoms with van der Waals surface area (Å²) in [6.45, 7) is 0. The van der Waals surface area contributed by atoms with Gasteiger partial charge in [0.2, 0.25) is 0 Å². The lowest BCUT2D eigenvalue weighted by Crippen LogP contribution is -1.95. The average Bonchev–Trinajstić information content (AvgIpc) is 2.42. The van der Waals surface area contributed by atoms with Crippen molar-refractivity contribution in [3.63, 3.8) is 0 Å². The predicted molar refractivity (Wildman–Crippen MR) is 82.2 cm³/mol. The number of nitro benzene ring substituents is 1. The zero-order valence-corrected chi connectivity index (χ0v) is 13.4. The van der Waals surface area contributed by atoms with Crippen LogP contribution in [0.4, 0.5) is 10.1 Å². The molecule has 0 atom stereocenters. The summed E-state index contributed by atoms with van der Waals surface area (Å²) in [5.74, 6) is -0.181. The number of nitrogens with zero attached hydrogens (tertiary/aromatic N) is 1. The Kier molecular flexibility index (Phi) is 5.03. The molecule has 0 aliphatic carbocycles. The number of hydrogen-bond donors (Lipinski definition) is 0. The van der Waals surface area contributed by atoms with Gasteiger partial charge in [0.15, 0.2) is 5.75 Å². The Hall–Kier alpha value is -1.37. The van der Waals surface area contributed by atoms with E-state index in [2.05, 4.69) is 15.9 Å². The molecule has 0 amide bonds. The van der Waals surface area contributed by atoms with Gasteiger partial charge in [-0.1, -0.05) is 45.2 Å². The highest BCUT2D eigenvalue weighted by atomic mass is 79.9. The van der Waals surface area contributed by atoms with Crippen molar-refractivity contribution in [2.24, 2.45) is 0 Å². The molecule has 21 heavy (non-hydrogen) atoms. The highest BCUT2D eigenvalue weighted by molar-refractivity contribution is 9.08. The lowest BCUT2D eigenvalue weighted by molar-refractivity contribution is -0.384. The van der Waals surface area contributed by atoms with E-state index in [-0.39, 0.29) is 32.6 Å². The zero-order valence-electron chi connectivity index (χ0n) is 10.3. The van der Waals surface area contributed by atoms with E-state index in [1.165, 1.54) is 12.1 Å². The first-order valence-electron chi connectivity index (χ1n) is 5.58. The molecule has 4 nitrogen and oxygen atoms in total. The van der Waals surface area contributed by atoms with Crippen LogP contribution in [0.2, 0.25) is 10.0 Å². The minimum absolute atomic E-state index is 0.0287. The van der Waals surface area contributed by atoms with Crippen LogP contribution in [0.5, 0.6) is 11.5 Å². The number of ether oxygens (including phenoxy) is 1. The Morgan fingerprint density at radius 2 is 1.90 bits per heavy atom. The topological polar surface area (TPSA) is 52.4 Å². The molecule has 0 saturated heterocycles. The van der Waals surface area contributed by atoms with Crippen LogP contribution in [0.15, 0.2) is 30.3 Å². The van der Waals surface area contributed by atoms with Crippen LogP contribution in [0.3, 0.4) is 0 Å². The summed E-state index contributed by atoms with van der Waals surface area (Å²) in [6.07, 6.45) is 0. The fourth-order valence-electron chi connectivity index (χ4n) is 1.62. The molecule has 2 aromatic rings. The summed E-state index contributed by atoms with van der Waals surface area (Å²) in [7, 11) is 0. The minimum atomic E-state index is -0.617. The van der Waals surface area contributed by atoms with Crippen molar-refractivity contribution >= 4 is 44.8 Å². The Balaban J connectivity index is 2.45. The van der Waals surface area contributed by atoms with Gasteiger partial charge in [0.05, 0.1) is 15.0 Å². The molecule has 0 heterocycles. The van der Waals surface area contributed by atoms with Crippen molar-refractivity contribution in [3.05, 3.63) is 61.9 Å². The first-order valence-corrected chi connectivity index (χ1v) is 7.46. The van der Waals surface area contributed by atoms with Crippen LogP contribution in [0.1, 0.15) is 5.56 Å². The molecule has 0 aliphatic rings. The van der Waals surface area contributed by atoms with Gasteiger partial charge >= 0.3 is 0 Å². The third kappa shape index (κ3) is 3.45. The smallest absolute Gasteiger partial charge is 0.272 e. The highest BCUT2D eigenvalue weighted by Gasteiger charge is 2.18. The standard InChI is InChI=1S/C13H7BrCl2FNO3/c14-6-8-11(17)2-1-3-12(8)21-13-9(15)4-7(18(19)20)5-10(13)16/h1-5H,6H2. The van der Waals surface area contributed by atoms with Gasteiger partial charge in [0, 0.05) is 23.0 Å². The molecule has 2 aromatic carbocycles. The van der Waals surface area contributed by atoms with Crippen LogP contribution in [0.25, 0.3) is 0 Å². The Labute approximate surface area is 137 Å². The van der Waals surface area contributed by atoms with Crippen molar-refractivity contribution < 1.29 is 14.1 Å². The van der Waals surface area contributed by atoms with Crippen molar-refractivity contribution in [1.82, 2.24) is 0 Å². The Morgan fingerprint density at radius 1 is 1.29 bits per heavy atom. The van der Waals surface area contributed by atoms with Crippen molar-refractivity contribution in [2.45, 2.75) is 5.33 Å². The molecule has 2 rings (SSSR count). The van der Waals surface area contributed by atoms with Crippen molar-refractivity contribution in [3.8, 4) is 11.5 Å².